The Bertz CT molecular complexity index is 884. The number of unbranched alkanes of at least 4 members (excludes halogenated alkanes) is 7. The minimum atomic E-state index is -0.546. The van der Waals surface area contributed by atoms with E-state index in [-0.39, 0.29) is 24.1 Å². The van der Waals surface area contributed by atoms with Crippen molar-refractivity contribution < 1.29 is 14.4 Å². The lowest BCUT2D eigenvalue weighted by Gasteiger charge is -2.29. The molecule has 3 amide bonds. The van der Waals surface area contributed by atoms with E-state index in [4.69, 9.17) is 0 Å². The third-order valence-corrected chi connectivity index (χ3v) is 8.80. The molecule has 35 heavy (non-hydrogen) atoms. The van der Waals surface area contributed by atoms with Crippen LogP contribution in [0.15, 0.2) is 23.1 Å². The van der Waals surface area contributed by atoms with Crippen LogP contribution in [0.2, 0.25) is 0 Å². The molecule has 0 radical (unpaired) electrons. The third kappa shape index (κ3) is 7.32. The second-order valence-corrected chi connectivity index (χ2v) is 11.4. The number of carbonyl (C=O) groups is 3. The van der Waals surface area contributed by atoms with E-state index in [1.54, 1.807) is 4.90 Å². The number of benzene rings is 1. The summed E-state index contributed by atoms with van der Waals surface area (Å²) in [4.78, 5) is 42.1. The van der Waals surface area contributed by atoms with E-state index in [9.17, 15) is 14.4 Å². The zero-order chi connectivity index (χ0) is 24.5. The average Bonchev–Trinajstić information content (AvgIpc) is 3.20. The molecule has 0 aliphatic carbocycles. The van der Waals surface area contributed by atoms with Gasteiger partial charge in [-0.25, -0.2) is 0 Å². The maximum absolute atomic E-state index is 12.9. The lowest BCUT2D eigenvalue weighted by molar-refractivity contribution is -0.136. The molecular weight excluding hydrogens is 458 g/mol. The summed E-state index contributed by atoms with van der Waals surface area (Å²) >= 11 is 1.83. The minimum Gasteiger partial charge on any atom is -0.322 e. The van der Waals surface area contributed by atoms with E-state index in [1.165, 1.54) is 90.3 Å². The van der Waals surface area contributed by atoms with Gasteiger partial charge in [-0.15, -0.1) is 11.8 Å². The molecule has 6 nitrogen and oxygen atoms in total. The molecule has 3 aliphatic rings. The van der Waals surface area contributed by atoms with Gasteiger partial charge in [-0.3, -0.25) is 19.7 Å². The van der Waals surface area contributed by atoms with Crippen molar-refractivity contribution in [3.8, 4) is 0 Å². The van der Waals surface area contributed by atoms with Crippen LogP contribution in [0, 0.1) is 0 Å². The van der Waals surface area contributed by atoms with Crippen LogP contribution in [-0.4, -0.2) is 59.0 Å². The molecule has 1 N–H and O–H groups in total. The fraction of sp³-hybridized carbons (Fsp3) is 0.679. The molecule has 1 aromatic carbocycles. The van der Waals surface area contributed by atoms with Gasteiger partial charge in [-0.05, 0) is 75.2 Å². The molecule has 2 fully saturated rings. The number of hydrogen-bond donors (Lipinski definition) is 1. The molecule has 0 spiro atoms. The first-order valence-corrected chi connectivity index (χ1v) is 14.7. The van der Waals surface area contributed by atoms with Crippen LogP contribution < -0.4 is 5.32 Å². The monoisotopic (exact) mass is 499 g/mol. The van der Waals surface area contributed by atoms with E-state index < -0.39 is 6.04 Å². The lowest BCUT2D eigenvalue weighted by atomic mass is 10.0. The number of rotatable bonds is 13. The summed E-state index contributed by atoms with van der Waals surface area (Å²) in [6.45, 7) is 4.40. The van der Waals surface area contributed by atoms with Gasteiger partial charge in [0.1, 0.15) is 6.04 Å². The van der Waals surface area contributed by atoms with E-state index in [1.807, 2.05) is 23.9 Å². The minimum absolute atomic E-state index is 0.0899. The van der Waals surface area contributed by atoms with Gasteiger partial charge in [-0.2, -0.15) is 0 Å². The number of imide groups is 1. The van der Waals surface area contributed by atoms with Gasteiger partial charge >= 0.3 is 0 Å². The summed E-state index contributed by atoms with van der Waals surface area (Å²) in [6, 6.07) is 5.35. The van der Waals surface area contributed by atoms with E-state index in [0.29, 0.717) is 18.5 Å². The second-order valence-electron chi connectivity index (χ2n) is 10.3. The number of hydrogen-bond acceptors (Lipinski definition) is 5. The number of amides is 3. The molecule has 0 saturated carbocycles. The van der Waals surface area contributed by atoms with Crippen molar-refractivity contribution in [2.24, 2.45) is 0 Å². The molecule has 7 heteroatoms. The second kappa shape index (κ2) is 13.4. The molecule has 2 saturated heterocycles. The Balaban J connectivity index is 1.09. The number of likely N-dealkylation sites (tertiary alicyclic amines) is 1. The number of carbonyl (C=O) groups excluding carboxylic acids is 3. The molecule has 3 aliphatic heterocycles. The Labute approximate surface area is 214 Å². The quantitative estimate of drug-likeness (QED) is 0.231. The van der Waals surface area contributed by atoms with Crippen LogP contribution in [-0.2, 0) is 16.1 Å². The van der Waals surface area contributed by atoms with Crippen molar-refractivity contribution in [2.75, 3.05) is 25.4 Å². The van der Waals surface area contributed by atoms with Gasteiger partial charge < -0.3 is 9.80 Å². The van der Waals surface area contributed by atoms with E-state index in [0.717, 1.165) is 16.2 Å². The standard InChI is InChI=1S/C28H41N3O3S/c32-26-16-15-24(27(33)29-26)31-21-23-22(28(31)34)13-12-14-25(23)35-20-11-6-4-2-1-3-5-8-17-30-18-9-7-10-19-30/h12-14,24H,1-11,15-21H2,(H,29,32,33). The number of fused-ring (bicyclic) bond motifs is 1. The maximum Gasteiger partial charge on any atom is 0.255 e. The van der Waals surface area contributed by atoms with Crippen LogP contribution >= 0.6 is 11.8 Å². The first-order valence-electron chi connectivity index (χ1n) is 13.7. The SMILES string of the molecule is O=C1CCC(N2Cc3c(SCCCCCCCCCCN4CCCCC4)cccc3C2=O)C(=O)N1. The molecule has 4 rings (SSSR count). The molecule has 192 valence electrons. The number of nitrogens with one attached hydrogen (secondary N) is 1. The predicted octanol–water partition coefficient (Wildman–Crippen LogP) is 5.15. The maximum atomic E-state index is 12.9. The summed E-state index contributed by atoms with van der Waals surface area (Å²) in [5.41, 5.74) is 1.75. The predicted molar refractivity (Wildman–Crippen MR) is 140 cm³/mol. The first kappa shape index (κ1) is 26.2. The zero-order valence-electron chi connectivity index (χ0n) is 21.1. The highest BCUT2D eigenvalue weighted by Gasteiger charge is 2.39. The van der Waals surface area contributed by atoms with Crippen molar-refractivity contribution in [3.63, 3.8) is 0 Å². The fourth-order valence-electron chi connectivity index (χ4n) is 5.56. The number of piperidine rings is 2. The zero-order valence-corrected chi connectivity index (χ0v) is 21.9. The number of nitrogens with zero attached hydrogens (tertiary/aromatic N) is 2. The Hall–Kier alpha value is -1.86. The molecule has 1 aromatic rings. The summed E-state index contributed by atoms with van der Waals surface area (Å²) < 4.78 is 0. The van der Waals surface area contributed by atoms with Gasteiger partial charge in [-0.1, -0.05) is 51.0 Å². The lowest BCUT2D eigenvalue weighted by Crippen LogP contribution is -2.52. The van der Waals surface area contributed by atoms with Gasteiger partial charge in [0.2, 0.25) is 11.8 Å². The van der Waals surface area contributed by atoms with Gasteiger partial charge in [0.15, 0.2) is 0 Å². The fourth-order valence-corrected chi connectivity index (χ4v) is 6.65. The summed E-state index contributed by atoms with van der Waals surface area (Å²) in [7, 11) is 0. The molecule has 1 atom stereocenters. The smallest absolute Gasteiger partial charge is 0.255 e. The van der Waals surface area contributed by atoms with E-state index in [2.05, 4.69) is 16.3 Å². The topological polar surface area (TPSA) is 69.7 Å². The van der Waals surface area contributed by atoms with Crippen molar-refractivity contribution in [1.82, 2.24) is 15.1 Å². The van der Waals surface area contributed by atoms with Crippen LogP contribution in [0.5, 0.6) is 0 Å². The highest BCUT2D eigenvalue weighted by molar-refractivity contribution is 7.99. The summed E-state index contributed by atoms with van der Waals surface area (Å²) in [6.07, 6.45) is 15.5. The molecule has 0 aromatic heterocycles. The Morgan fingerprint density at radius 2 is 1.60 bits per heavy atom. The Morgan fingerprint density at radius 3 is 2.34 bits per heavy atom. The van der Waals surface area contributed by atoms with Gasteiger partial charge in [0, 0.05) is 23.4 Å². The van der Waals surface area contributed by atoms with Crippen molar-refractivity contribution in [1.29, 1.82) is 0 Å². The van der Waals surface area contributed by atoms with Crippen molar-refractivity contribution in [2.45, 2.75) is 101 Å². The Kier molecular flexibility index (Phi) is 10.1. The average molecular weight is 500 g/mol. The largest absolute Gasteiger partial charge is 0.322 e. The number of thioether (sulfide) groups is 1. The molecule has 1 unspecified atom stereocenters. The van der Waals surface area contributed by atoms with Crippen LogP contribution in [0.3, 0.4) is 0 Å². The van der Waals surface area contributed by atoms with Crippen molar-refractivity contribution in [3.05, 3.63) is 29.3 Å². The van der Waals surface area contributed by atoms with Crippen LogP contribution in [0.1, 0.15) is 99.4 Å². The Morgan fingerprint density at radius 1 is 0.886 bits per heavy atom. The van der Waals surface area contributed by atoms with Crippen LogP contribution in [0.4, 0.5) is 0 Å². The molecule has 3 heterocycles. The summed E-state index contributed by atoms with van der Waals surface area (Å²) in [5, 5.41) is 2.38. The first-order chi connectivity index (χ1) is 17.1. The van der Waals surface area contributed by atoms with Gasteiger partial charge in [0.05, 0.1) is 0 Å². The highest BCUT2D eigenvalue weighted by atomic mass is 32.2. The van der Waals surface area contributed by atoms with E-state index >= 15 is 0 Å². The normalized spacial score (nSPS) is 20.9. The molecular formula is C28H41N3O3S. The van der Waals surface area contributed by atoms with Gasteiger partial charge in [0.25, 0.3) is 5.91 Å². The molecule has 0 bridgehead atoms. The van der Waals surface area contributed by atoms with Crippen molar-refractivity contribution >= 4 is 29.5 Å². The highest BCUT2D eigenvalue weighted by Crippen LogP contribution is 2.34. The summed E-state index contributed by atoms with van der Waals surface area (Å²) in [5.74, 6) is 0.366. The van der Waals surface area contributed by atoms with Crippen LogP contribution in [0.25, 0.3) is 0 Å². The third-order valence-electron chi connectivity index (χ3n) is 7.61.